The molecule has 25 heavy (non-hydrogen) atoms. The Hall–Kier alpha value is -0.120. The van der Waals surface area contributed by atoms with Crippen molar-refractivity contribution in [3.05, 3.63) is 0 Å². The fourth-order valence-corrected chi connectivity index (χ4v) is 6.62. The van der Waals surface area contributed by atoms with Crippen LogP contribution in [-0.2, 0) is 25.4 Å². The Bertz CT molecular complexity index is 446. The molecule has 148 valence electrons. The zero-order chi connectivity index (χ0) is 18.8. The van der Waals surface area contributed by atoms with Crippen LogP contribution >= 0.6 is 11.4 Å². The average molecular weight is 408 g/mol. The van der Waals surface area contributed by atoms with Gasteiger partial charge < -0.3 is 5.11 Å². The maximum absolute atomic E-state index is 10.6. The zero-order valence-corrected chi connectivity index (χ0v) is 18.6. The molecule has 0 fully saturated rings. The Labute approximate surface area is 165 Å². The minimum atomic E-state index is -0.823. The van der Waals surface area contributed by atoms with Gasteiger partial charge in [0.2, 0.25) is 0 Å². The van der Waals surface area contributed by atoms with Gasteiger partial charge in [0, 0.05) is 6.42 Å². The topological polar surface area (TPSA) is 61.1 Å². The molecule has 0 radical (unpaired) electrons. The lowest BCUT2D eigenvalue weighted by Crippen LogP contribution is -2.22. The van der Waals surface area contributed by atoms with Gasteiger partial charge in [-0.15, -0.1) is 10.3 Å². The average Bonchev–Trinajstić information content (AvgIpc) is 2.60. The van der Waals surface area contributed by atoms with Crippen LogP contribution in [-0.4, -0.2) is 26.3 Å². The van der Waals surface area contributed by atoms with Gasteiger partial charge >= 0.3 is 5.97 Å². The van der Waals surface area contributed by atoms with Crippen LogP contribution < -0.4 is 0 Å². The van der Waals surface area contributed by atoms with Gasteiger partial charge in [-0.1, -0.05) is 64.7 Å². The Morgan fingerprint density at radius 1 is 1.08 bits per heavy atom. The molecule has 0 saturated heterocycles. The second kappa shape index (κ2) is 17.3. The highest BCUT2D eigenvalue weighted by molar-refractivity contribution is 8.38. The molecule has 0 aliphatic carbocycles. The van der Waals surface area contributed by atoms with E-state index in [1.165, 1.54) is 81.3 Å². The van der Waals surface area contributed by atoms with Crippen molar-refractivity contribution in [2.24, 2.45) is 0 Å². The Morgan fingerprint density at radius 3 is 2.16 bits per heavy atom. The van der Waals surface area contributed by atoms with Crippen LogP contribution in [0.15, 0.2) is 0 Å². The predicted octanol–water partition coefficient (Wildman–Crippen LogP) is 4.82. The fraction of sp³-hybridized carbons (Fsp3) is 0.842. The smallest absolute Gasteiger partial charge is 0.303 e. The van der Waals surface area contributed by atoms with E-state index in [1.54, 1.807) is 0 Å². The third kappa shape index (κ3) is 17.1. The third-order valence-electron chi connectivity index (χ3n) is 4.12. The SMILES string of the molecule is CCCCCCCCCCCC[SH]=C[SH]=[SH]C(C)(C#N)CCC(=O)O. The van der Waals surface area contributed by atoms with Crippen molar-refractivity contribution in [1.29, 1.82) is 5.26 Å². The summed E-state index contributed by atoms with van der Waals surface area (Å²) in [7, 11) is 2.13. The summed E-state index contributed by atoms with van der Waals surface area (Å²) in [5.74, 6) is 0.383. The molecule has 0 rings (SSSR count). The molecule has 3 nitrogen and oxygen atoms in total. The Morgan fingerprint density at radius 2 is 1.64 bits per heavy atom. The largest absolute Gasteiger partial charge is 0.481 e. The van der Waals surface area contributed by atoms with Crippen LogP contribution in [0.25, 0.3) is 0 Å². The lowest BCUT2D eigenvalue weighted by atomic mass is 10.1. The third-order valence-corrected chi connectivity index (χ3v) is 9.24. The van der Waals surface area contributed by atoms with E-state index in [1.807, 2.05) is 6.92 Å². The molecule has 0 heterocycles. The molecule has 0 aromatic carbocycles. The zero-order valence-electron chi connectivity index (χ0n) is 15.9. The van der Waals surface area contributed by atoms with Crippen LogP contribution in [0.1, 0.15) is 90.9 Å². The van der Waals surface area contributed by atoms with Gasteiger partial charge in [-0.05, 0) is 30.2 Å². The monoisotopic (exact) mass is 407 g/mol. The number of thiol groups is 3. The van der Waals surface area contributed by atoms with Gasteiger partial charge in [-0.2, -0.15) is 26.9 Å². The molecule has 0 bridgehead atoms. The summed E-state index contributed by atoms with van der Waals surface area (Å²) in [6, 6.07) is 2.27. The molecule has 0 saturated carbocycles. The highest BCUT2D eigenvalue weighted by Gasteiger charge is 2.20. The Kier molecular flexibility index (Phi) is 17.2. The quantitative estimate of drug-likeness (QED) is 0.168. The van der Waals surface area contributed by atoms with Crippen molar-refractivity contribution in [2.75, 3.05) is 5.75 Å². The number of unbranched alkanes of at least 4 members (excludes halogenated alkanes) is 9. The van der Waals surface area contributed by atoms with Crippen molar-refractivity contribution in [3.8, 4) is 6.07 Å². The summed E-state index contributed by atoms with van der Waals surface area (Å²) in [6.07, 6.45) is 14.2. The van der Waals surface area contributed by atoms with Crippen LogP contribution in [0.4, 0.5) is 0 Å². The first-order valence-electron chi connectivity index (χ1n) is 9.57. The second-order valence-corrected chi connectivity index (χ2v) is 11.1. The van der Waals surface area contributed by atoms with Gasteiger partial charge in [0.25, 0.3) is 0 Å². The minimum absolute atomic E-state index is 0.0723. The van der Waals surface area contributed by atoms with Crippen molar-refractivity contribution < 1.29 is 9.90 Å². The van der Waals surface area contributed by atoms with Crippen LogP contribution in [0, 0.1) is 11.3 Å². The number of nitriles is 1. The predicted molar refractivity (Wildman–Crippen MR) is 120 cm³/mol. The van der Waals surface area contributed by atoms with Crippen LogP contribution in [0.3, 0.4) is 0 Å². The second-order valence-electron chi connectivity index (χ2n) is 6.70. The normalized spacial score (nSPS) is 14.9. The van der Waals surface area contributed by atoms with E-state index in [0.29, 0.717) is 6.42 Å². The molecule has 0 aromatic rings. The molecule has 0 aromatic heterocycles. The molecule has 0 amide bonds. The number of hydrogen-bond donors (Lipinski definition) is 4. The highest BCUT2D eigenvalue weighted by Crippen LogP contribution is 2.14. The standard InChI is InChI=1S/C19H37NO2S3/c1-3-4-5-6-7-8-9-10-11-12-15-23-17-24-25-19(2,16-20)14-13-18(21)22/h17,23-25H,3-15H2,1-2H3,(H,21,22). The minimum Gasteiger partial charge on any atom is -0.481 e. The number of carboxylic acid groups (broad SMARTS) is 1. The van der Waals surface area contributed by atoms with E-state index >= 15 is 0 Å². The van der Waals surface area contributed by atoms with Gasteiger partial charge in [0.15, 0.2) is 0 Å². The maximum Gasteiger partial charge on any atom is 0.303 e. The summed E-state index contributed by atoms with van der Waals surface area (Å²) in [5, 5.41) is 18.0. The molecule has 0 aliphatic heterocycles. The van der Waals surface area contributed by atoms with Crippen molar-refractivity contribution in [2.45, 2.75) is 95.6 Å². The number of hydrogen-bond acceptors (Lipinski definition) is 2. The number of nitrogens with zero attached hydrogens (tertiary/aromatic N) is 1. The van der Waals surface area contributed by atoms with Crippen LogP contribution in [0.5, 0.6) is 0 Å². The van der Waals surface area contributed by atoms with E-state index in [-0.39, 0.29) is 6.42 Å². The molecule has 6 heteroatoms. The van der Waals surface area contributed by atoms with Crippen molar-refractivity contribution in [1.82, 2.24) is 0 Å². The van der Waals surface area contributed by atoms with E-state index in [0.717, 1.165) is 20.6 Å². The molecule has 1 atom stereocenters. The number of carbonyl (C=O) groups is 1. The van der Waals surface area contributed by atoms with E-state index < -0.39 is 10.7 Å². The number of carboxylic acids is 1. The summed E-state index contributed by atoms with van der Waals surface area (Å²) < 4.78 is 1.68. The lowest BCUT2D eigenvalue weighted by molar-refractivity contribution is -0.137. The van der Waals surface area contributed by atoms with E-state index in [4.69, 9.17) is 5.11 Å². The summed E-state index contributed by atoms with van der Waals surface area (Å²) in [4.78, 5) is 10.6. The van der Waals surface area contributed by atoms with Gasteiger partial charge in [0.1, 0.15) is 0 Å². The molecule has 1 unspecified atom stereocenters. The molecule has 0 spiro atoms. The fourth-order valence-electron chi connectivity index (χ4n) is 2.42. The van der Waals surface area contributed by atoms with Gasteiger partial charge in [-0.25, -0.2) is 0 Å². The summed E-state index contributed by atoms with van der Waals surface area (Å²) in [5.41, 5.74) is 0. The lowest BCUT2D eigenvalue weighted by Gasteiger charge is -2.14. The van der Waals surface area contributed by atoms with E-state index in [9.17, 15) is 10.1 Å². The molecular formula is C19H37NO2S3. The first kappa shape index (κ1) is 24.9. The number of aliphatic carboxylic acids is 1. The summed E-state index contributed by atoms with van der Waals surface area (Å²) >= 11 is 1.35. The first-order chi connectivity index (χ1) is 12.0. The molecule has 0 aliphatic rings. The number of rotatable bonds is 16. The van der Waals surface area contributed by atoms with Crippen molar-refractivity contribution >= 4 is 42.7 Å². The van der Waals surface area contributed by atoms with E-state index in [2.05, 4.69) is 17.7 Å². The first-order valence-corrected chi connectivity index (χ1v) is 13.3. The Balaban J connectivity index is 3.65. The van der Waals surface area contributed by atoms with Crippen LogP contribution in [0.2, 0.25) is 0 Å². The molecular weight excluding hydrogens is 370 g/mol. The van der Waals surface area contributed by atoms with Crippen molar-refractivity contribution in [3.63, 3.8) is 0 Å². The van der Waals surface area contributed by atoms with Gasteiger partial charge in [-0.3, -0.25) is 4.79 Å². The maximum atomic E-state index is 10.6. The van der Waals surface area contributed by atoms with Gasteiger partial charge in [0.05, 0.1) is 10.8 Å². The highest BCUT2D eigenvalue weighted by atomic mass is 32.8. The summed E-state index contributed by atoms with van der Waals surface area (Å²) in [6.45, 7) is 4.12. The molecule has 1 N–H and O–H groups in total.